The number of thioether (sulfide) groups is 1. The zero-order chi connectivity index (χ0) is 11.0. The molecule has 0 heterocycles. The Morgan fingerprint density at radius 2 is 2.07 bits per heavy atom. The van der Waals surface area contributed by atoms with E-state index in [1.165, 1.54) is 0 Å². The second-order valence-electron chi connectivity index (χ2n) is 3.52. The predicted molar refractivity (Wildman–Crippen MR) is 61.6 cm³/mol. The summed E-state index contributed by atoms with van der Waals surface area (Å²) in [6.45, 7) is 6.62. The maximum absolute atomic E-state index is 11.4. The molecule has 0 amide bonds. The van der Waals surface area contributed by atoms with Crippen LogP contribution in [0.2, 0.25) is 0 Å². The van der Waals surface area contributed by atoms with Gasteiger partial charge in [-0.05, 0) is 25.6 Å². The van der Waals surface area contributed by atoms with Gasteiger partial charge >= 0.3 is 5.97 Å². The summed E-state index contributed by atoms with van der Waals surface area (Å²) in [5.41, 5.74) is 0. The average Bonchev–Trinajstić information content (AvgIpc) is 2.12. The molecule has 84 valence electrons. The van der Waals surface area contributed by atoms with Gasteiger partial charge in [-0.15, -0.1) is 0 Å². The zero-order valence-electron chi connectivity index (χ0n) is 9.50. The minimum Gasteiger partial charge on any atom is -0.465 e. The Morgan fingerprint density at radius 3 is 2.50 bits per heavy atom. The smallest absolute Gasteiger partial charge is 0.323 e. The summed E-state index contributed by atoms with van der Waals surface area (Å²) < 4.78 is 4.94. The molecule has 0 aromatic rings. The number of likely N-dealkylation sites (N-methyl/N-ethyl adjacent to an activating group) is 1. The summed E-state index contributed by atoms with van der Waals surface area (Å²) in [6, 6.07) is -0.168. The number of esters is 1. The van der Waals surface area contributed by atoms with E-state index >= 15 is 0 Å². The van der Waals surface area contributed by atoms with Gasteiger partial charge in [-0.25, -0.2) is 0 Å². The summed E-state index contributed by atoms with van der Waals surface area (Å²) >= 11 is 1.78. The van der Waals surface area contributed by atoms with Crippen molar-refractivity contribution in [3.05, 3.63) is 0 Å². The fourth-order valence-corrected chi connectivity index (χ4v) is 2.08. The highest BCUT2D eigenvalue weighted by Crippen LogP contribution is 2.09. The molecule has 0 aliphatic rings. The van der Waals surface area contributed by atoms with E-state index in [1.807, 2.05) is 6.92 Å². The molecule has 0 rings (SSSR count). The lowest BCUT2D eigenvalue weighted by Gasteiger charge is -2.14. The number of rotatable bonds is 7. The summed E-state index contributed by atoms with van der Waals surface area (Å²) in [5, 5.41) is 2.96. The lowest BCUT2D eigenvalue weighted by molar-refractivity contribution is -0.144. The first-order chi connectivity index (χ1) is 6.61. The van der Waals surface area contributed by atoms with Crippen molar-refractivity contribution in [2.75, 3.05) is 25.2 Å². The number of hydrogen-bond donors (Lipinski definition) is 1. The lowest BCUT2D eigenvalue weighted by Crippen LogP contribution is -2.37. The molecule has 0 aromatic heterocycles. The minimum atomic E-state index is -0.168. The molecule has 0 aliphatic carbocycles. The quantitative estimate of drug-likeness (QED) is 0.659. The number of ether oxygens (including phenoxy) is 1. The molecule has 0 radical (unpaired) electrons. The van der Waals surface area contributed by atoms with Crippen LogP contribution in [0.15, 0.2) is 0 Å². The van der Waals surface area contributed by atoms with E-state index in [0.717, 1.165) is 11.5 Å². The second kappa shape index (κ2) is 8.12. The summed E-state index contributed by atoms with van der Waals surface area (Å²) in [7, 11) is 1.79. The van der Waals surface area contributed by atoms with Crippen molar-refractivity contribution in [1.82, 2.24) is 5.32 Å². The van der Waals surface area contributed by atoms with Crippen molar-refractivity contribution >= 4 is 17.7 Å². The van der Waals surface area contributed by atoms with Crippen LogP contribution < -0.4 is 5.32 Å². The lowest BCUT2D eigenvalue weighted by atomic mass is 10.3. The van der Waals surface area contributed by atoms with Crippen LogP contribution >= 0.6 is 11.8 Å². The molecule has 0 bridgehead atoms. The van der Waals surface area contributed by atoms with Crippen LogP contribution in [0.4, 0.5) is 0 Å². The monoisotopic (exact) mass is 219 g/mol. The maximum Gasteiger partial charge on any atom is 0.323 e. The van der Waals surface area contributed by atoms with Crippen LogP contribution in [0.25, 0.3) is 0 Å². The van der Waals surface area contributed by atoms with Crippen LogP contribution in [0.3, 0.4) is 0 Å². The molecule has 4 heteroatoms. The molecule has 0 aliphatic heterocycles. The van der Waals surface area contributed by atoms with Crippen molar-refractivity contribution in [2.45, 2.75) is 26.8 Å². The van der Waals surface area contributed by atoms with Gasteiger partial charge in [0, 0.05) is 5.75 Å². The fraction of sp³-hybridized carbons (Fsp3) is 0.900. The molecule has 0 fully saturated rings. The van der Waals surface area contributed by atoms with E-state index in [1.54, 1.807) is 18.8 Å². The molecule has 1 atom stereocenters. The minimum absolute atomic E-state index is 0.147. The summed E-state index contributed by atoms with van der Waals surface area (Å²) in [5.74, 6) is 2.39. The van der Waals surface area contributed by atoms with E-state index in [0.29, 0.717) is 12.5 Å². The van der Waals surface area contributed by atoms with Gasteiger partial charge in [-0.3, -0.25) is 4.79 Å². The number of carbonyl (C=O) groups excluding carboxylic acids is 1. The SMILES string of the molecule is CCOC(=O)C(CSCC(C)C)NC. The molecular formula is C10H21NO2S. The van der Waals surface area contributed by atoms with Crippen molar-refractivity contribution in [1.29, 1.82) is 0 Å². The van der Waals surface area contributed by atoms with Gasteiger partial charge in [-0.2, -0.15) is 11.8 Å². The second-order valence-corrected chi connectivity index (χ2v) is 4.60. The van der Waals surface area contributed by atoms with Gasteiger partial charge in [0.25, 0.3) is 0 Å². The van der Waals surface area contributed by atoms with Crippen LogP contribution in [-0.4, -0.2) is 37.2 Å². The molecule has 0 saturated heterocycles. The third-order valence-electron chi connectivity index (χ3n) is 1.66. The standard InChI is InChI=1S/C10H21NO2S/c1-5-13-10(12)9(11-4)7-14-6-8(2)3/h8-9,11H,5-7H2,1-4H3. The van der Waals surface area contributed by atoms with Gasteiger partial charge in [-0.1, -0.05) is 13.8 Å². The van der Waals surface area contributed by atoms with E-state index < -0.39 is 0 Å². The molecule has 14 heavy (non-hydrogen) atoms. The van der Waals surface area contributed by atoms with Crippen molar-refractivity contribution < 1.29 is 9.53 Å². The van der Waals surface area contributed by atoms with Crippen molar-refractivity contribution in [3.63, 3.8) is 0 Å². The number of carbonyl (C=O) groups is 1. The fourth-order valence-electron chi connectivity index (χ4n) is 0.934. The molecule has 1 unspecified atom stereocenters. The Bertz CT molecular complexity index is 162. The average molecular weight is 219 g/mol. The topological polar surface area (TPSA) is 38.3 Å². The summed E-state index contributed by atoms with van der Waals surface area (Å²) in [4.78, 5) is 11.4. The highest BCUT2D eigenvalue weighted by Gasteiger charge is 2.17. The molecule has 3 nitrogen and oxygen atoms in total. The van der Waals surface area contributed by atoms with Crippen molar-refractivity contribution in [2.24, 2.45) is 5.92 Å². The van der Waals surface area contributed by atoms with Gasteiger partial charge in [0.05, 0.1) is 6.61 Å². The van der Waals surface area contributed by atoms with E-state index in [2.05, 4.69) is 19.2 Å². The third-order valence-corrected chi connectivity index (χ3v) is 3.13. The highest BCUT2D eigenvalue weighted by molar-refractivity contribution is 7.99. The van der Waals surface area contributed by atoms with Crippen LogP contribution in [0.5, 0.6) is 0 Å². The molecule has 0 spiro atoms. The van der Waals surface area contributed by atoms with E-state index in [4.69, 9.17) is 4.74 Å². The normalized spacial score (nSPS) is 12.9. The van der Waals surface area contributed by atoms with Crippen LogP contribution in [0.1, 0.15) is 20.8 Å². The van der Waals surface area contributed by atoms with Gasteiger partial charge in [0.2, 0.25) is 0 Å². The van der Waals surface area contributed by atoms with Gasteiger partial charge < -0.3 is 10.1 Å². The zero-order valence-corrected chi connectivity index (χ0v) is 10.3. The Hall–Kier alpha value is -0.220. The molecular weight excluding hydrogens is 198 g/mol. The largest absolute Gasteiger partial charge is 0.465 e. The van der Waals surface area contributed by atoms with E-state index in [9.17, 15) is 4.79 Å². The maximum atomic E-state index is 11.4. The Balaban J connectivity index is 3.73. The Labute approximate surface area is 91.0 Å². The van der Waals surface area contributed by atoms with Gasteiger partial charge in [0.1, 0.15) is 6.04 Å². The number of hydrogen-bond acceptors (Lipinski definition) is 4. The number of nitrogens with one attached hydrogen (secondary N) is 1. The van der Waals surface area contributed by atoms with Crippen LogP contribution in [-0.2, 0) is 9.53 Å². The first-order valence-corrected chi connectivity index (χ1v) is 6.18. The van der Waals surface area contributed by atoms with Crippen LogP contribution in [0, 0.1) is 5.92 Å². The summed E-state index contributed by atoms with van der Waals surface area (Å²) in [6.07, 6.45) is 0. The third kappa shape index (κ3) is 6.27. The van der Waals surface area contributed by atoms with Gasteiger partial charge in [0.15, 0.2) is 0 Å². The first-order valence-electron chi connectivity index (χ1n) is 5.03. The predicted octanol–water partition coefficient (Wildman–Crippen LogP) is 1.53. The Kier molecular flexibility index (Phi) is 7.99. The Morgan fingerprint density at radius 1 is 1.43 bits per heavy atom. The van der Waals surface area contributed by atoms with E-state index in [-0.39, 0.29) is 12.0 Å². The highest BCUT2D eigenvalue weighted by atomic mass is 32.2. The molecule has 1 N–H and O–H groups in total. The molecule has 0 saturated carbocycles. The van der Waals surface area contributed by atoms with Crippen molar-refractivity contribution in [3.8, 4) is 0 Å². The molecule has 0 aromatic carbocycles. The first kappa shape index (κ1) is 13.8.